The SMILES string of the molecule is Cc1ccccc1OCC(=O)Nc1noc(-c2ccccc2)n1. The van der Waals surface area contributed by atoms with Crippen LogP contribution in [0, 0.1) is 6.92 Å². The van der Waals surface area contributed by atoms with Gasteiger partial charge < -0.3 is 9.26 Å². The van der Waals surface area contributed by atoms with E-state index in [4.69, 9.17) is 9.26 Å². The number of rotatable bonds is 5. The molecular formula is C17H15N3O3. The Morgan fingerprint density at radius 1 is 1.13 bits per heavy atom. The van der Waals surface area contributed by atoms with Crippen molar-refractivity contribution in [3.8, 4) is 17.2 Å². The van der Waals surface area contributed by atoms with Crippen LogP contribution < -0.4 is 10.1 Å². The van der Waals surface area contributed by atoms with E-state index >= 15 is 0 Å². The van der Waals surface area contributed by atoms with Gasteiger partial charge >= 0.3 is 0 Å². The van der Waals surface area contributed by atoms with E-state index in [0.717, 1.165) is 11.1 Å². The van der Waals surface area contributed by atoms with Gasteiger partial charge in [-0.3, -0.25) is 10.1 Å². The van der Waals surface area contributed by atoms with Crippen LogP contribution in [0.2, 0.25) is 0 Å². The number of benzene rings is 2. The minimum Gasteiger partial charge on any atom is -0.483 e. The Balaban J connectivity index is 1.58. The molecule has 2 aromatic carbocycles. The van der Waals surface area contributed by atoms with Crippen LogP contribution in [0.25, 0.3) is 11.5 Å². The molecule has 116 valence electrons. The lowest BCUT2D eigenvalue weighted by atomic mass is 10.2. The molecule has 6 heteroatoms. The minimum atomic E-state index is -0.353. The molecule has 0 aliphatic rings. The van der Waals surface area contributed by atoms with E-state index in [-0.39, 0.29) is 18.5 Å². The van der Waals surface area contributed by atoms with Crippen molar-refractivity contribution in [3.05, 3.63) is 60.2 Å². The van der Waals surface area contributed by atoms with Crippen molar-refractivity contribution < 1.29 is 14.1 Å². The van der Waals surface area contributed by atoms with Crippen molar-refractivity contribution in [3.63, 3.8) is 0 Å². The number of amides is 1. The number of ether oxygens (including phenoxy) is 1. The van der Waals surface area contributed by atoms with E-state index in [2.05, 4.69) is 15.5 Å². The first-order valence-electron chi connectivity index (χ1n) is 7.10. The third kappa shape index (κ3) is 3.74. The summed E-state index contributed by atoms with van der Waals surface area (Å²) < 4.78 is 10.6. The van der Waals surface area contributed by atoms with Gasteiger partial charge in [0, 0.05) is 5.56 Å². The molecule has 0 atom stereocenters. The molecular weight excluding hydrogens is 294 g/mol. The van der Waals surface area contributed by atoms with Crippen LogP contribution in [0.15, 0.2) is 59.1 Å². The number of hydrogen-bond acceptors (Lipinski definition) is 5. The average molecular weight is 309 g/mol. The van der Waals surface area contributed by atoms with Gasteiger partial charge in [-0.1, -0.05) is 36.4 Å². The van der Waals surface area contributed by atoms with Gasteiger partial charge in [-0.15, -0.1) is 0 Å². The maximum absolute atomic E-state index is 11.9. The number of carbonyl (C=O) groups excluding carboxylic acids is 1. The number of carbonyl (C=O) groups is 1. The molecule has 0 fully saturated rings. The average Bonchev–Trinajstić information content (AvgIpc) is 3.03. The summed E-state index contributed by atoms with van der Waals surface area (Å²) in [7, 11) is 0. The first-order chi connectivity index (χ1) is 11.2. The van der Waals surface area contributed by atoms with Crippen LogP contribution in [-0.2, 0) is 4.79 Å². The third-order valence-corrected chi connectivity index (χ3v) is 3.15. The predicted octanol–water partition coefficient (Wildman–Crippen LogP) is 3.06. The Labute approximate surface area is 133 Å². The lowest BCUT2D eigenvalue weighted by molar-refractivity contribution is -0.118. The van der Waals surface area contributed by atoms with Gasteiger partial charge in [-0.25, -0.2) is 0 Å². The molecule has 0 radical (unpaired) electrons. The van der Waals surface area contributed by atoms with Gasteiger partial charge in [0.25, 0.3) is 17.7 Å². The number of para-hydroxylation sites is 1. The highest BCUT2D eigenvalue weighted by Gasteiger charge is 2.11. The quantitative estimate of drug-likeness (QED) is 0.783. The predicted molar refractivity (Wildman–Crippen MR) is 85.0 cm³/mol. The minimum absolute atomic E-state index is 0.113. The second-order valence-corrected chi connectivity index (χ2v) is 4.89. The van der Waals surface area contributed by atoms with Gasteiger partial charge in [-0.05, 0) is 35.8 Å². The Morgan fingerprint density at radius 2 is 1.87 bits per heavy atom. The van der Waals surface area contributed by atoms with Gasteiger partial charge in [-0.2, -0.15) is 4.98 Å². The number of nitrogens with zero attached hydrogens (tertiary/aromatic N) is 2. The molecule has 0 saturated heterocycles. The highest BCUT2D eigenvalue weighted by atomic mass is 16.5. The van der Waals surface area contributed by atoms with E-state index in [1.807, 2.05) is 61.5 Å². The lowest BCUT2D eigenvalue weighted by Crippen LogP contribution is -2.21. The van der Waals surface area contributed by atoms with E-state index in [1.54, 1.807) is 0 Å². The fraction of sp³-hybridized carbons (Fsp3) is 0.118. The van der Waals surface area contributed by atoms with E-state index in [1.165, 1.54) is 0 Å². The Morgan fingerprint density at radius 3 is 2.65 bits per heavy atom. The normalized spacial score (nSPS) is 10.3. The number of hydrogen-bond donors (Lipinski definition) is 1. The molecule has 1 heterocycles. The summed E-state index contributed by atoms with van der Waals surface area (Å²) in [5, 5.41) is 6.27. The first kappa shape index (κ1) is 14.8. The molecule has 0 spiro atoms. The zero-order valence-electron chi connectivity index (χ0n) is 12.5. The summed E-state index contributed by atoms with van der Waals surface area (Å²) in [4.78, 5) is 16.0. The smallest absolute Gasteiger partial charge is 0.270 e. The summed E-state index contributed by atoms with van der Waals surface area (Å²) in [6, 6.07) is 16.8. The van der Waals surface area contributed by atoms with Crippen molar-refractivity contribution >= 4 is 11.9 Å². The number of aryl methyl sites for hydroxylation is 1. The molecule has 1 aromatic heterocycles. The van der Waals surface area contributed by atoms with Crippen LogP contribution in [0.5, 0.6) is 5.75 Å². The van der Waals surface area contributed by atoms with Crippen molar-refractivity contribution in [1.29, 1.82) is 0 Å². The number of nitrogens with one attached hydrogen (secondary N) is 1. The molecule has 0 unspecified atom stereocenters. The fourth-order valence-electron chi connectivity index (χ4n) is 1.99. The van der Waals surface area contributed by atoms with E-state index in [9.17, 15) is 4.79 Å². The van der Waals surface area contributed by atoms with Crippen molar-refractivity contribution in [1.82, 2.24) is 10.1 Å². The summed E-state index contributed by atoms with van der Waals surface area (Å²) >= 11 is 0. The summed E-state index contributed by atoms with van der Waals surface area (Å²) in [6.07, 6.45) is 0. The molecule has 1 amide bonds. The Kier molecular flexibility index (Phi) is 4.33. The Hall–Kier alpha value is -3.15. The zero-order chi connectivity index (χ0) is 16.1. The molecule has 0 bridgehead atoms. The second kappa shape index (κ2) is 6.74. The van der Waals surface area contributed by atoms with E-state index in [0.29, 0.717) is 11.6 Å². The maximum Gasteiger partial charge on any atom is 0.270 e. The van der Waals surface area contributed by atoms with Crippen LogP contribution in [-0.4, -0.2) is 22.7 Å². The molecule has 0 aliphatic heterocycles. The molecule has 6 nitrogen and oxygen atoms in total. The van der Waals surface area contributed by atoms with Crippen LogP contribution in [0.4, 0.5) is 5.95 Å². The van der Waals surface area contributed by atoms with E-state index < -0.39 is 0 Å². The zero-order valence-corrected chi connectivity index (χ0v) is 12.5. The van der Waals surface area contributed by atoms with Gasteiger partial charge in [0.1, 0.15) is 5.75 Å². The van der Waals surface area contributed by atoms with Crippen LogP contribution in [0.3, 0.4) is 0 Å². The molecule has 1 N–H and O–H groups in total. The number of anilines is 1. The van der Waals surface area contributed by atoms with Gasteiger partial charge in [0.05, 0.1) is 0 Å². The van der Waals surface area contributed by atoms with Crippen LogP contribution in [0.1, 0.15) is 5.56 Å². The molecule has 3 aromatic rings. The topological polar surface area (TPSA) is 77.2 Å². The highest BCUT2D eigenvalue weighted by molar-refractivity contribution is 5.90. The van der Waals surface area contributed by atoms with Crippen molar-refractivity contribution in [2.24, 2.45) is 0 Å². The highest BCUT2D eigenvalue weighted by Crippen LogP contribution is 2.18. The molecule has 23 heavy (non-hydrogen) atoms. The summed E-state index contributed by atoms with van der Waals surface area (Å²) in [5.41, 5.74) is 1.75. The maximum atomic E-state index is 11.9. The fourth-order valence-corrected chi connectivity index (χ4v) is 1.99. The van der Waals surface area contributed by atoms with Crippen molar-refractivity contribution in [2.45, 2.75) is 6.92 Å². The molecule has 0 saturated carbocycles. The number of aromatic nitrogens is 2. The Bertz CT molecular complexity index is 800. The molecule has 3 rings (SSSR count). The molecule has 0 aliphatic carbocycles. The second-order valence-electron chi connectivity index (χ2n) is 4.89. The summed E-state index contributed by atoms with van der Waals surface area (Å²) in [5.74, 6) is 0.775. The lowest BCUT2D eigenvalue weighted by Gasteiger charge is -2.07. The van der Waals surface area contributed by atoms with Gasteiger partial charge in [0.2, 0.25) is 0 Å². The van der Waals surface area contributed by atoms with Crippen LogP contribution >= 0.6 is 0 Å². The van der Waals surface area contributed by atoms with Crippen molar-refractivity contribution in [2.75, 3.05) is 11.9 Å². The standard InChI is InChI=1S/C17H15N3O3/c1-12-7-5-6-10-14(12)22-11-15(21)18-17-19-16(23-20-17)13-8-3-2-4-9-13/h2-10H,11H2,1H3,(H,18,20,21). The first-order valence-corrected chi connectivity index (χ1v) is 7.10. The summed E-state index contributed by atoms with van der Waals surface area (Å²) in [6.45, 7) is 1.79. The third-order valence-electron chi connectivity index (χ3n) is 3.15. The monoisotopic (exact) mass is 309 g/mol. The van der Waals surface area contributed by atoms with Gasteiger partial charge in [0.15, 0.2) is 6.61 Å². The largest absolute Gasteiger partial charge is 0.483 e.